The van der Waals surface area contributed by atoms with Crippen LogP contribution in [-0.2, 0) is 20.8 Å². The van der Waals surface area contributed by atoms with Gasteiger partial charge in [0.15, 0.2) is 5.12 Å². The smallest absolute Gasteiger partial charge is 0.220 e. The minimum Gasteiger partial charge on any atom is -0.353 e. The van der Waals surface area contributed by atoms with Crippen LogP contribution in [0.4, 0.5) is 0 Å². The number of thioether (sulfide) groups is 1. The van der Waals surface area contributed by atoms with Gasteiger partial charge in [0.05, 0.1) is 5.92 Å². The maximum atomic E-state index is 12.6. The predicted octanol–water partition coefficient (Wildman–Crippen LogP) is 4.13. The molecule has 4 nitrogen and oxygen atoms in total. The Morgan fingerprint density at radius 1 is 1.04 bits per heavy atom. The van der Waals surface area contributed by atoms with Gasteiger partial charge in [-0.1, -0.05) is 60.3 Å². The van der Waals surface area contributed by atoms with E-state index in [9.17, 15) is 14.4 Å². The predicted molar refractivity (Wildman–Crippen MR) is 113 cm³/mol. The molecule has 1 aliphatic carbocycles. The second-order valence-corrected chi connectivity index (χ2v) is 8.07. The molecule has 1 aliphatic rings. The molecule has 0 aromatic heterocycles. The van der Waals surface area contributed by atoms with Gasteiger partial charge in [-0.25, -0.2) is 0 Å². The first kappa shape index (κ1) is 20.3. The molecule has 0 bridgehead atoms. The first-order valence-electron chi connectivity index (χ1n) is 9.52. The van der Waals surface area contributed by atoms with Crippen LogP contribution >= 0.6 is 11.8 Å². The lowest BCUT2D eigenvalue weighted by Gasteiger charge is -2.31. The number of carbonyl (C=O) groups is 3. The fourth-order valence-electron chi connectivity index (χ4n) is 3.74. The van der Waals surface area contributed by atoms with Crippen molar-refractivity contribution >= 4 is 28.6 Å². The van der Waals surface area contributed by atoms with Crippen LogP contribution in [0, 0.1) is 0 Å². The lowest BCUT2D eigenvalue weighted by atomic mass is 9.79. The SMILES string of the molecule is CSC(=O)C1CC(NC(=O)CCC(C)=O)Cc2ccc(-c3ccccc3)cc21. The number of rotatable bonds is 6. The largest absolute Gasteiger partial charge is 0.353 e. The van der Waals surface area contributed by atoms with E-state index in [1.54, 1.807) is 6.26 Å². The van der Waals surface area contributed by atoms with Gasteiger partial charge in [-0.15, -0.1) is 0 Å². The van der Waals surface area contributed by atoms with E-state index in [0.717, 1.165) is 22.3 Å². The number of hydrogen-bond donors (Lipinski definition) is 1. The summed E-state index contributed by atoms with van der Waals surface area (Å²) in [5.74, 6) is -0.353. The minimum absolute atomic E-state index is 0.00742. The molecule has 0 radical (unpaired) electrons. The summed E-state index contributed by atoms with van der Waals surface area (Å²) in [6, 6.07) is 16.3. The van der Waals surface area contributed by atoms with Gasteiger partial charge in [0, 0.05) is 18.9 Å². The Hall–Kier alpha value is -2.40. The maximum absolute atomic E-state index is 12.6. The quantitative estimate of drug-likeness (QED) is 0.799. The Bertz CT molecular complexity index is 879. The van der Waals surface area contributed by atoms with Gasteiger partial charge in [0.25, 0.3) is 0 Å². The number of amides is 1. The third-order valence-corrected chi connectivity index (χ3v) is 5.86. The molecular formula is C23H25NO3S. The fourth-order valence-corrected chi connectivity index (χ4v) is 4.25. The summed E-state index contributed by atoms with van der Waals surface area (Å²) in [4.78, 5) is 35.9. The Labute approximate surface area is 170 Å². The molecule has 1 N–H and O–H groups in total. The molecule has 0 spiro atoms. The van der Waals surface area contributed by atoms with Crippen molar-refractivity contribution in [1.29, 1.82) is 0 Å². The highest BCUT2D eigenvalue weighted by atomic mass is 32.2. The highest BCUT2D eigenvalue weighted by Crippen LogP contribution is 2.37. The van der Waals surface area contributed by atoms with Gasteiger partial charge >= 0.3 is 0 Å². The molecule has 146 valence electrons. The number of benzene rings is 2. The van der Waals surface area contributed by atoms with E-state index in [1.807, 2.05) is 18.2 Å². The van der Waals surface area contributed by atoms with Gasteiger partial charge < -0.3 is 10.1 Å². The molecule has 5 heteroatoms. The molecule has 2 unspecified atom stereocenters. The van der Waals surface area contributed by atoms with Crippen molar-refractivity contribution in [3.05, 3.63) is 59.7 Å². The minimum atomic E-state index is -0.236. The summed E-state index contributed by atoms with van der Waals surface area (Å²) in [7, 11) is 0. The van der Waals surface area contributed by atoms with Crippen LogP contribution < -0.4 is 5.32 Å². The van der Waals surface area contributed by atoms with E-state index in [-0.39, 0.29) is 41.6 Å². The fraction of sp³-hybridized carbons (Fsp3) is 0.348. The van der Waals surface area contributed by atoms with Gasteiger partial charge in [-0.3, -0.25) is 9.59 Å². The van der Waals surface area contributed by atoms with Crippen molar-refractivity contribution in [3.8, 4) is 11.1 Å². The highest BCUT2D eigenvalue weighted by Gasteiger charge is 2.32. The molecule has 0 heterocycles. The van der Waals surface area contributed by atoms with Gasteiger partial charge in [0.2, 0.25) is 5.91 Å². The van der Waals surface area contributed by atoms with Crippen LogP contribution in [0.3, 0.4) is 0 Å². The highest BCUT2D eigenvalue weighted by molar-refractivity contribution is 8.13. The van der Waals surface area contributed by atoms with Gasteiger partial charge in [-0.2, -0.15) is 0 Å². The van der Waals surface area contributed by atoms with Crippen LogP contribution in [0.1, 0.15) is 43.2 Å². The van der Waals surface area contributed by atoms with Crippen LogP contribution in [-0.4, -0.2) is 29.1 Å². The van der Waals surface area contributed by atoms with E-state index in [0.29, 0.717) is 12.8 Å². The Morgan fingerprint density at radius 3 is 2.46 bits per heavy atom. The topological polar surface area (TPSA) is 63.2 Å². The van der Waals surface area contributed by atoms with Gasteiger partial charge in [0.1, 0.15) is 5.78 Å². The first-order chi connectivity index (χ1) is 13.5. The van der Waals surface area contributed by atoms with Crippen LogP contribution in [0.5, 0.6) is 0 Å². The molecule has 3 rings (SSSR count). The summed E-state index contributed by atoms with van der Waals surface area (Å²) in [6.07, 6.45) is 3.55. The van der Waals surface area contributed by atoms with E-state index >= 15 is 0 Å². The average molecular weight is 396 g/mol. The molecular weight excluding hydrogens is 370 g/mol. The number of nitrogens with one attached hydrogen (secondary N) is 1. The zero-order valence-corrected chi connectivity index (χ0v) is 17.1. The normalized spacial score (nSPS) is 18.2. The standard InChI is InChI=1S/C23H25NO3S/c1-15(25)8-11-22(26)24-19-12-18-10-9-17(16-6-4-3-5-7-16)13-20(18)21(14-19)23(27)28-2/h3-7,9-10,13,19,21H,8,11-12,14H2,1-2H3,(H,24,26). The van der Waals surface area contributed by atoms with Crippen molar-refractivity contribution in [1.82, 2.24) is 5.32 Å². The van der Waals surface area contributed by atoms with E-state index < -0.39 is 0 Å². The molecule has 2 aromatic carbocycles. The Morgan fingerprint density at radius 2 is 1.79 bits per heavy atom. The van der Waals surface area contributed by atoms with Crippen molar-refractivity contribution in [3.63, 3.8) is 0 Å². The maximum Gasteiger partial charge on any atom is 0.220 e. The third kappa shape index (κ3) is 4.90. The Balaban J connectivity index is 1.84. The van der Waals surface area contributed by atoms with Crippen LogP contribution in [0.15, 0.2) is 48.5 Å². The third-order valence-electron chi connectivity index (χ3n) is 5.17. The van der Waals surface area contributed by atoms with Gasteiger partial charge in [-0.05, 0) is 48.3 Å². The molecule has 2 aromatic rings. The van der Waals surface area contributed by atoms with E-state index in [4.69, 9.17) is 0 Å². The lowest BCUT2D eigenvalue weighted by Crippen LogP contribution is -2.41. The molecule has 0 aliphatic heterocycles. The molecule has 0 saturated carbocycles. The first-order valence-corrected chi connectivity index (χ1v) is 10.7. The zero-order valence-electron chi connectivity index (χ0n) is 16.2. The second kappa shape index (κ2) is 9.20. The lowest BCUT2D eigenvalue weighted by molar-refractivity contribution is -0.125. The van der Waals surface area contributed by atoms with Crippen molar-refractivity contribution in [2.75, 3.05) is 6.26 Å². The van der Waals surface area contributed by atoms with E-state index in [1.165, 1.54) is 18.7 Å². The summed E-state index contributed by atoms with van der Waals surface area (Å²) in [5, 5.41) is 3.14. The number of hydrogen-bond acceptors (Lipinski definition) is 4. The Kier molecular flexibility index (Phi) is 6.68. The summed E-state index contributed by atoms with van der Waals surface area (Å²) in [6.45, 7) is 1.49. The van der Waals surface area contributed by atoms with Crippen molar-refractivity contribution in [2.24, 2.45) is 0 Å². The monoisotopic (exact) mass is 395 g/mol. The summed E-state index contributed by atoms with van der Waals surface area (Å²) < 4.78 is 0. The van der Waals surface area contributed by atoms with Crippen molar-refractivity contribution in [2.45, 2.75) is 44.6 Å². The van der Waals surface area contributed by atoms with Crippen molar-refractivity contribution < 1.29 is 14.4 Å². The number of ketones is 1. The molecule has 0 saturated heterocycles. The number of Topliss-reactive ketones (excluding diaryl/α,β-unsaturated/α-hetero) is 1. The molecule has 2 atom stereocenters. The number of fused-ring (bicyclic) bond motifs is 1. The van der Waals surface area contributed by atoms with Crippen LogP contribution in [0.2, 0.25) is 0 Å². The number of carbonyl (C=O) groups excluding carboxylic acids is 3. The molecule has 28 heavy (non-hydrogen) atoms. The van der Waals surface area contributed by atoms with Crippen LogP contribution in [0.25, 0.3) is 11.1 Å². The summed E-state index contributed by atoms with van der Waals surface area (Å²) >= 11 is 1.24. The summed E-state index contributed by atoms with van der Waals surface area (Å²) in [5.41, 5.74) is 4.40. The molecule has 1 amide bonds. The molecule has 0 fully saturated rings. The van der Waals surface area contributed by atoms with E-state index in [2.05, 4.69) is 35.6 Å². The zero-order chi connectivity index (χ0) is 20.1. The average Bonchev–Trinajstić information content (AvgIpc) is 2.71. The second-order valence-electron chi connectivity index (χ2n) is 7.26.